The molecule has 0 aliphatic rings. The zero-order valence-electron chi connectivity index (χ0n) is 11.1. The van der Waals surface area contributed by atoms with E-state index >= 15 is 0 Å². The molecule has 22 heavy (non-hydrogen) atoms. The molecule has 3 rings (SSSR count). The fourth-order valence-electron chi connectivity index (χ4n) is 1.99. The molecule has 7 heteroatoms. The van der Waals surface area contributed by atoms with Crippen molar-refractivity contribution in [3.05, 3.63) is 57.3 Å². The molecule has 3 aromatic rings. The first-order valence-corrected chi connectivity index (χ1v) is 7.94. The number of carbonyl (C=O) groups is 1. The van der Waals surface area contributed by atoms with Crippen LogP contribution in [0.5, 0.6) is 0 Å². The molecule has 2 aromatic carbocycles. The van der Waals surface area contributed by atoms with Crippen molar-refractivity contribution in [3.8, 4) is 0 Å². The minimum Gasteiger partial charge on any atom is -0.389 e. The van der Waals surface area contributed by atoms with Crippen LogP contribution in [-0.2, 0) is 6.61 Å². The lowest BCUT2D eigenvalue weighted by molar-refractivity contribution is 0.102. The van der Waals surface area contributed by atoms with Gasteiger partial charge < -0.3 is 10.4 Å². The van der Waals surface area contributed by atoms with Gasteiger partial charge in [0.05, 0.1) is 22.4 Å². The molecule has 1 heterocycles. The summed E-state index contributed by atoms with van der Waals surface area (Å²) in [6, 6.07) is 9.48. The van der Waals surface area contributed by atoms with Gasteiger partial charge in [-0.2, -0.15) is 0 Å². The zero-order valence-corrected chi connectivity index (χ0v) is 13.5. The lowest BCUT2D eigenvalue weighted by atomic mass is 10.2. The summed E-state index contributed by atoms with van der Waals surface area (Å²) < 4.78 is 15.3. The highest BCUT2D eigenvalue weighted by Crippen LogP contribution is 2.25. The van der Waals surface area contributed by atoms with Crippen LogP contribution in [0.25, 0.3) is 10.2 Å². The number of rotatable bonds is 3. The Morgan fingerprint density at radius 2 is 2.14 bits per heavy atom. The maximum absolute atomic E-state index is 13.8. The van der Waals surface area contributed by atoms with Crippen LogP contribution in [0.4, 0.5) is 10.1 Å². The Labute approximate surface area is 137 Å². The van der Waals surface area contributed by atoms with Gasteiger partial charge in [-0.15, -0.1) is 11.3 Å². The monoisotopic (exact) mass is 380 g/mol. The summed E-state index contributed by atoms with van der Waals surface area (Å²) in [6.45, 7) is -0.120. The van der Waals surface area contributed by atoms with Crippen LogP contribution < -0.4 is 5.32 Å². The quantitative estimate of drug-likeness (QED) is 0.723. The number of nitrogens with zero attached hydrogens (tertiary/aromatic N) is 1. The van der Waals surface area contributed by atoms with Crippen LogP contribution in [-0.4, -0.2) is 16.0 Å². The Balaban J connectivity index is 1.87. The van der Waals surface area contributed by atoms with Crippen LogP contribution in [0.1, 0.15) is 15.4 Å². The number of thiazole rings is 1. The van der Waals surface area contributed by atoms with Crippen molar-refractivity contribution in [3.63, 3.8) is 0 Å². The summed E-state index contributed by atoms with van der Waals surface area (Å²) in [5, 5.41) is 12.3. The van der Waals surface area contributed by atoms with E-state index in [0.717, 1.165) is 4.70 Å². The topological polar surface area (TPSA) is 62.2 Å². The van der Waals surface area contributed by atoms with Gasteiger partial charge in [-0.25, -0.2) is 9.37 Å². The predicted molar refractivity (Wildman–Crippen MR) is 87.6 cm³/mol. The van der Waals surface area contributed by atoms with Crippen LogP contribution >= 0.6 is 27.3 Å². The number of hydrogen-bond acceptors (Lipinski definition) is 4. The van der Waals surface area contributed by atoms with E-state index in [1.807, 2.05) is 0 Å². The van der Waals surface area contributed by atoms with Crippen molar-refractivity contribution in [2.24, 2.45) is 0 Å². The Morgan fingerprint density at radius 3 is 2.86 bits per heavy atom. The summed E-state index contributed by atoms with van der Waals surface area (Å²) in [5.41, 5.74) is 1.18. The molecule has 0 fully saturated rings. The van der Waals surface area contributed by atoms with E-state index in [1.165, 1.54) is 23.5 Å². The number of aromatic nitrogens is 1. The van der Waals surface area contributed by atoms with E-state index in [4.69, 9.17) is 5.11 Å². The second-order valence-corrected chi connectivity index (χ2v) is 6.56. The number of hydrogen-bond donors (Lipinski definition) is 2. The number of halogens is 2. The summed E-state index contributed by atoms with van der Waals surface area (Å²) in [7, 11) is 0. The molecule has 4 nitrogen and oxygen atoms in total. The number of anilines is 1. The van der Waals surface area contributed by atoms with Gasteiger partial charge in [-0.1, -0.05) is 15.9 Å². The molecule has 0 aliphatic carbocycles. The highest BCUT2D eigenvalue weighted by Gasteiger charge is 2.13. The largest absolute Gasteiger partial charge is 0.389 e. The fraction of sp³-hybridized carbons (Fsp3) is 0.0667. The van der Waals surface area contributed by atoms with Gasteiger partial charge in [0.25, 0.3) is 5.91 Å². The Morgan fingerprint density at radius 1 is 1.32 bits per heavy atom. The first-order valence-electron chi connectivity index (χ1n) is 6.33. The first kappa shape index (κ1) is 15.1. The average Bonchev–Trinajstić information content (AvgIpc) is 2.89. The molecule has 0 atom stereocenters. The summed E-state index contributed by atoms with van der Waals surface area (Å²) >= 11 is 4.54. The normalized spacial score (nSPS) is 10.9. The molecule has 0 unspecified atom stereocenters. The number of aliphatic hydroxyl groups excluding tert-OH is 1. The molecule has 1 amide bonds. The lowest BCUT2D eigenvalue weighted by Gasteiger charge is -2.06. The smallest absolute Gasteiger partial charge is 0.258 e. The van der Waals surface area contributed by atoms with E-state index in [-0.39, 0.29) is 12.2 Å². The van der Waals surface area contributed by atoms with E-state index in [2.05, 4.69) is 26.2 Å². The van der Waals surface area contributed by atoms with Gasteiger partial charge >= 0.3 is 0 Å². The van der Waals surface area contributed by atoms with Crippen molar-refractivity contribution >= 4 is 49.1 Å². The molecular weight excluding hydrogens is 371 g/mol. The van der Waals surface area contributed by atoms with Crippen molar-refractivity contribution in [2.75, 3.05) is 5.32 Å². The minimum absolute atomic E-state index is 0.0300. The third-order valence-electron chi connectivity index (χ3n) is 3.00. The minimum atomic E-state index is -0.593. The van der Waals surface area contributed by atoms with E-state index in [0.29, 0.717) is 20.7 Å². The third kappa shape index (κ3) is 3.01. The number of benzene rings is 2. The zero-order chi connectivity index (χ0) is 15.7. The number of amides is 1. The number of fused-ring (bicyclic) bond motifs is 1. The maximum atomic E-state index is 13.8. The van der Waals surface area contributed by atoms with Gasteiger partial charge in [0.15, 0.2) is 0 Å². The van der Waals surface area contributed by atoms with E-state index in [9.17, 15) is 9.18 Å². The summed E-state index contributed by atoms with van der Waals surface area (Å²) in [6.07, 6.45) is 0. The molecule has 0 spiro atoms. The molecule has 0 radical (unpaired) electrons. The van der Waals surface area contributed by atoms with Gasteiger partial charge in [0.1, 0.15) is 10.8 Å². The average molecular weight is 381 g/mol. The van der Waals surface area contributed by atoms with Gasteiger partial charge in [0.2, 0.25) is 0 Å². The molecule has 0 aliphatic heterocycles. The Bertz CT molecular complexity index is 866. The fourth-order valence-corrected chi connectivity index (χ4v) is 3.13. The van der Waals surface area contributed by atoms with Gasteiger partial charge in [-0.3, -0.25) is 4.79 Å². The van der Waals surface area contributed by atoms with Crippen molar-refractivity contribution in [2.45, 2.75) is 6.61 Å². The highest BCUT2D eigenvalue weighted by atomic mass is 79.9. The summed E-state index contributed by atoms with van der Waals surface area (Å²) in [5.74, 6) is -1.12. The van der Waals surface area contributed by atoms with Crippen molar-refractivity contribution in [1.82, 2.24) is 4.98 Å². The molecule has 112 valence electrons. The first-order chi connectivity index (χ1) is 10.6. The van der Waals surface area contributed by atoms with Crippen LogP contribution in [0.15, 0.2) is 40.9 Å². The number of aliphatic hydroxyl groups is 1. The second kappa shape index (κ2) is 6.12. The summed E-state index contributed by atoms with van der Waals surface area (Å²) in [4.78, 5) is 16.4. The molecule has 2 N–H and O–H groups in total. The van der Waals surface area contributed by atoms with E-state index in [1.54, 1.807) is 24.3 Å². The second-order valence-electron chi connectivity index (χ2n) is 4.53. The Kier molecular flexibility index (Phi) is 4.19. The molecular formula is C15H10BrFN2O2S. The van der Waals surface area contributed by atoms with Crippen LogP contribution in [0.2, 0.25) is 0 Å². The maximum Gasteiger partial charge on any atom is 0.258 e. The number of carbonyl (C=O) groups excluding carboxylic acids is 1. The van der Waals surface area contributed by atoms with Crippen molar-refractivity contribution < 1.29 is 14.3 Å². The molecule has 0 bridgehead atoms. The van der Waals surface area contributed by atoms with Crippen molar-refractivity contribution in [1.29, 1.82) is 0 Å². The van der Waals surface area contributed by atoms with Crippen LogP contribution in [0.3, 0.4) is 0 Å². The molecule has 0 saturated carbocycles. The van der Waals surface area contributed by atoms with Gasteiger partial charge in [-0.05, 0) is 36.4 Å². The predicted octanol–water partition coefficient (Wildman–Crippen LogP) is 3.94. The van der Waals surface area contributed by atoms with Gasteiger partial charge in [0, 0.05) is 10.2 Å². The molecule has 1 aromatic heterocycles. The third-order valence-corrected chi connectivity index (χ3v) is 4.52. The highest BCUT2D eigenvalue weighted by molar-refractivity contribution is 9.10. The Hall–Kier alpha value is -1.83. The van der Waals surface area contributed by atoms with Crippen LogP contribution in [0, 0.1) is 5.82 Å². The SMILES string of the molecule is O=C(Nc1ccc2sc(CO)nc2c1)c1ccc(Br)cc1F. The standard InChI is InChI=1S/C15H10BrFN2O2S/c16-8-1-3-10(11(17)5-8)15(21)18-9-2-4-13-12(6-9)19-14(7-20)22-13/h1-6,20H,7H2,(H,18,21). The lowest BCUT2D eigenvalue weighted by Crippen LogP contribution is -2.13. The molecule has 0 saturated heterocycles. The van der Waals surface area contributed by atoms with E-state index < -0.39 is 11.7 Å². The number of nitrogens with one attached hydrogen (secondary N) is 1.